The van der Waals surface area contributed by atoms with Crippen molar-refractivity contribution in [2.24, 2.45) is 17.3 Å². The Bertz CT molecular complexity index is 501. The van der Waals surface area contributed by atoms with Gasteiger partial charge in [0, 0.05) is 13.1 Å². The molecule has 23 heavy (non-hydrogen) atoms. The van der Waals surface area contributed by atoms with Crippen LogP contribution in [0.4, 0.5) is 0 Å². The summed E-state index contributed by atoms with van der Waals surface area (Å²) < 4.78 is 0. The molecule has 2 amide bonds. The van der Waals surface area contributed by atoms with E-state index in [0.717, 1.165) is 0 Å². The molecule has 130 valence electrons. The van der Waals surface area contributed by atoms with E-state index in [2.05, 4.69) is 28.6 Å². The van der Waals surface area contributed by atoms with Crippen molar-refractivity contribution in [3.8, 4) is 0 Å². The first kappa shape index (κ1) is 19.6. The zero-order valence-corrected chi connectivity index (χ0v) is 14.8. The zero-order chi connectivity index (χ0) is 17.8. The van der Waals surface area contributed by atoms with Crippen molar-refractivity contribution in [1.82, 2.24) is 16.0 Å². The minimum Gasteiger partial charge on any atom is -0.348 e. The molecule has 1 saturated heterocycles. The molecule has 7 nitrogen and oxygen atoms in total. The van der Waals surface area contributed by atoms with Gasteiger partial charge in [-0.05, 0) is 12.3 Å². The van der Waals surface area contributed by atoms with E-state index in [-0.39, 0.29) is 24.1 Å². The normalized spacial score (nSPS) is 22.3. The molecule has 1 rings (SSSR count). The van der Waals surface area contributed by atoms with Gasteiger partial charge in [0.15, 0.2) is 5.78 Å². The van der Waals surface area contributed by atoms with Crippen LogP contribution in [0.15, 0.2) is 0 Å². The monoisotopic (exact) mass is 343 g/mol. The Morgan fingerprint density at radius 2 is 1.65 bits per heavy atom. The van der Waals surface area contributed by atoms with Gasteiger partial charge in [0.1, 0.15) is 0 Å². The van der Waals surface area contributed by atoms with Crippen molar-refractivity contribution < 1.29 is 19.2 Å². The van der Waals surface area contributed by atoms with E-state index in [4.69, 9.17) is 0 Å². The third-order valence-corrected chi connectivity index (χ3v) is 4.02. The highest BCUT2D eigenvalue weighted by Crippen LogP contribution is 2.23. The van der Waals surface area contributed by atoms with E-state index in [0.29, 0.717) is 13.1 Å². The molecule has 3 unspecified atom stereocenters. The lowest BCUT2D eigenvalue weighted by atomic mass is 9.83. The summed E-state index contributed by atoms with van der Waals surface area (Å²) in [6, 6.07) is -0.613. The largest absolute Gasteiger partial charge is 0.348 e. The van der Waals surface area contributed by atoms with E-state index < -0.39 is 28.4 Å². The maximum Gasteiger partial charge on any atom is 0.225 e. The average Bonchev–Trinajstić information content (AvgIpc) is 2.89. The first-order valence-electron chi connectivity index (χ1n) is 7.55. The summed E-state index contributed by atoms with van der Waals surface area (Å²) in [6.45, 7) is 7.58. The van der Waals surface area contributed by atoms with Gasteiger partial charge in [0.25, 0.3) is 0 Å². The first-order valence-corrected chi connectivity index (χ1v) is 7.99. The van der Waals surface area contributed by atoms with Crippen molar-refractivity contribution in [1.29, 1.82) is 0 Å². The summed E-state index contributed by atoms with van der Waals surface area (Å²) in [7, 11) is 0. The predicted octanol–water partition coefficient (Wildman–Crippen LogP) is -0.485. The van der Waals surface area contributed by atoms with E-state index in [1.807, 2.05) is 20.8 Å². The number of carbonyl (C=O) groups is 4. The second-order valence-corrected chi connectivity index (χ2v) is 7.40. The number of hydrogen-bond acceptors (Lipinski definition) is 5. The molecule has 0 bridgehead atoms. The van der Waals surface area contributed by atoms with Gasteiger partial charge < -0.3 is 16.0 Å². The van der Waals surface area contributed by atoms with E-state index in [9.17, 15) is 19.2 Å². The lowest BCUT2D eigenvalue weighted by molar-refractivity contribution is -0.135. The maximum absolute atomic E-state index is 12.5. The summed E-state index contributed by atoms with van der Waals surface area (Å²) in [5.74, 6) is -1.97. The van der Waals surface area contributed by atoms with E-state index in [1.54, 1.807) is 0 Å². The number of amides is 2. The first-order chi connectivity index (χ1) is 10.5. The number of nitrogens with one attached hydrogen (secondary N) is 3. The van der Waals surface area contributed by atoms with Crippen LogP contribution in [0, 0.1) is 17.3 Å². The Morgan fingerprint density at radius 1 is 1.13 bits per heavy atom. The molecule has 1 aliphatic heterocycles. The Balaban J connectivity index is 2.75. The topological polar surface area (TPSA) is 104 Å². The Morgan fingerprint density at radius 3 is 2.09 bits per heavy atom. The van der Waals surface area contributed by atoms with Crippen LogP contribution in [-0.2, 0) is 19.2 Å². The Hall–Kier alpha value is -1.41. The van der Waals surface area contributed by atoms with Crippen molar-refractivity contribution >= 4 is 35.3 Å². The molecule has 1 fully saturated rings. The van der Waals surface area contributed by atoms with Gasteiger partial charge in [-0.3, -0.25) is 19.2 Å². The highest BCUT2D eigenvalue weighted by atomic mass is 32.1. The molecule has 0 aliphatic carbocycles. The van der Waals surface area contributed by atoms with Gasteiger partial charge in [-0.15, -0.1) is 12.6 Å². The molecular formula is C15H25N3O4S. The van der Waals surface area contributed by atoms with Crippen LogP contribution in [-0.4, -0.2) is 48.4 Å². The number of hydrogen-bond donors (Lipinski definition) is 4. The fourth-order valence-corrected chi connectivity index (χ4v) is 2.78. The van der Waals surface area contributed by atoms with Crippen molar-refractivity contribution in [2.75, 3.05) is 19.6 Å². The molecule has 0 aromatic carbocycles. The van der Waals surface area contributed by atoms with Gasteiger partial charge >= 0.3 is 0 Å². The molecule has 0 spiro atoms. The lowest BCUT2D eigenvalue weighted by Gasteiger charge is -2.30. The third-order valence-electron chi connectivity index (χ3n) is 3.86. The fraction of sp³-hybridized carbons (Fsp3) is 0.733. The van der Waals surface area contributed by atoms with Crippen LogP contribution < -0.4 is 16.0 Å². The summed E-state index contributed by atoms with van der Waals surface area (Å²) >= 11 is 3.59. The number of ketones is 1. The molecule has 0 aromatic heterocycles. The van der Waals surface area contributed by atoms with E-state index >= 15 is 0 Å². The van der Waals surface area contributed by atoms with Gasteiger partial charge in [-0.25, -0.2) is 0 Å². The summed E-state index contributed by atoms with van der Waals surface area (Å²) in [5, 5.41) is 7.77. The van der Waals surface area contributed by atoms with Gasteiger partial charge in [-0.2, -0.15) is 0 Å². The van der Waals surface area contributed by atoms with Gasteiger partial charge in [0.05, 0.1) is 24.4 Å². The van der Waals surface area contributed by atoms with Gasteiger partial charge in [-0.1, -0.05) is 20.8 Å². The molecule has 0 saturated carbocycles. The molecule has 3 N–H and O–H groups in total. The smallest absolute Gasteiger partial charge is 0.225 e. The lowest BCUT2D eigenvalue weighted by Crippen LogP contribution is -2.52. The molecule has 1 heterocycles. The highest BCUT2D eigenvalue weighted by molar-refractivity contribution is 7.96. The predicted molar refractivity (Wildman–Crippen MR) is 88.9 cm³/mol. The van der Waals surface area contributed by atoms with Crippen LogP contribution in [0.5, 0.6) is 0 Å². The molecule has 0 radical (unpaired) electrons. The second kappa shape index (κ2) is 7.92. The SMILES string of the molecule is CC(=O)C(NC(=O)C1CNCC1C(=O)NCC(=O)S)C(C)(C)C. The van der Waals surface area contributed by atoms with Crippen LogP contribution in [0.3, 0.4) is 0 Å². The summed E-state index contributed by atoms with van der Waals surface area (Å²) in [5.41, 5.74) is -0.413. The third kappa shape index (κ3) is 5.62. The van der Waals surface area contributed by atoms with Crippen LogP contribution >= 0.6 is 12.6 Å². The molecule has 3 atom stereocenters. The van der Waals surface area contributed by atoms with Crippen LogP contribution in [0.2, 0.25) is 0 Å². The molecule has 1 aliphatic rings. The molecule has 0 aromatic rings. The zero-order valence-electron chi connectivity index (χ0n) is 13.9. The van der Waals surface area contributed by atoms with Crippen LogP contribution in [0.25, 0.3) is 0 Å². The summed E-state index contributed by atoms with van der Waals surface area (Å²) in [6.07, 6.45) is 0. The minimum absolute atomic E-state index is 0.126. The Kier molecular flexibility index (Phi) is 6.76. The molecule has 8 heteroatoms. The molecular weight excluding hydrogens is 318 g/mol. The fourth-order valence-electron chi connectivity index (χ4n) is 2.70. The van der Waals surface area contributed by atoms with E-state index in [1.165, 1.54) is 6.92 Å². The minimum atomic E-state index is -0.613. The van der Waals surface area contributed by atoms with Gasteiger partial charge in [0.2, 0.25) is 16.9 Å². The number of carbonyl (C=O) groups excluding carboxylic acids is 4. The van der Waals surface area contributed by atoms with Crippen LogP contribution in [0.1, 0.15) is 27.7 Å². The van der Waals surface area contributed by atoms with Crippen molar-refractivity contribution in [3.63, 3.8) is 0 Å². The summed E-state index contributed by atoms with van der Waals surface area (Å²) in [4.78, 5) is 47.2. The second-order valence-electron chi connectivity index (χ2n) is 6.90. The maximum atomic E-state index is 12.5. The average molecular weight is 343 g/mol. The number of rotatable bonds is 6. The van der Waals surface area contributed by atoms with Crippen molar-refractivity contribution in [3.05, 3.63) is 0 Å². The number of thiol groups is 1. The van der Waals surface area contributed by atoms with Crippen molar-refractivity contribution in [2.45, 2.75) is 33.7 Å². The standard InChI is InChI=1S/C15H25N3O4S/c1-8(19)12(15(2,3)4)18-14(22)10-6-16-5-9(10)13(21)17-7-11(20)23/h9-10,12,16H,5-7H2,1-4H3,(H,17,21)(H,18,22)(H,20,23). The quantitative estimate of drug-likeness (QED) is 0.488. The number of Topliss-reactive ketones (excluding diaryl/α,β-unsaturated/α-hetero) is 1. The Labute approximate surface area is 141 Å². The highest BCUT2D eigenvalue weighted by Gasteiger charge is 2.40.